The molecule has 1 aromatic carbocycles. The van der Waals surface area contributed by atoms with Gasteiger partial charge in [-0.2, -0.15) is 0 Å². The van der Waals surface area contributed by atoms with Crippen LogP contribution in [0.3, 0.4) is 0 Å². The van der Waals surface area contributed by atoms with E-state index in [1.807, 2.05) is 0 Å². The number of ether oxygens (including phenoxy) is 1. The fourth-order valence-corrected chi connectivity index (χ4v) is 3.15. The number of methoxy groups -OCH3 is 1. The van der Waals surface area contributed by atoms with Crippen LogP contribution in [-0.4, -0.2) is 30.6 Å². The lowest BCUT2D eigenvalue weighted by Crippen LogP contribution is -2.41. The van der Waals surface area contributed by atoms with Crippen LogP contribution in [0.2, 0.25) is 0 Å². The van der Waals surface area contributed by atoms with E-state index in [2.05, 4.69) is 36.1 Å². The van der Waals surface area contributed by atoms with Gasteiger partial charge in [0.1, 0.15) is 0 Å². The second-order valence-electron chi connectivity index (χ2n) is 6.05. The van der Waals surface area contributed by atoms with Crippen LogP contribution in [0.15, 0.2) is 24.3 Å². The lowest BCUT2D eigenvalue weighted by molar-refractivity contribution is -0.135. The fraction of sp³-hybridized carbons (Fsp3) is 0.611. The van der Waals surface area contributed by atoms with E-state index in [1.165, 1.54) is 30.4 Å². The van der Waals surface area contributed by atoms with Crippen molar-refractivity contribution in [3.05, 3.63) is 35.4 Å². The summed E-state index contributed by atoms with van der Waals surface area (Å²) in [5.74, 6) is 0.227. The van der Waals surface area contributed by atoms with E-state index in [0.717, 1.165) is 19.4 Å². The first-order valence-electron chi connectivity index (χ1n) is 8.04. The van der Waals surface area contributed by atoms with E-state index in [1.54, 1.807) is 7.11 Å². The van der Waals surface area contributed by atoms with Gasteiger partial charge in [0.05, 0.1) is 13.0 Å². The Bertz CT molecular complexity index is 452. The molecular weight excluding hydrogens is 262 g/mol. The minimum atomic E-state index is 0.227. The van der Waals surface area contributed by atoms with Gasteiger partial charge in [0.25, 0.3) is 0 Å². The van der Waals surface area contributed by atoms with Gasteiger partial charge in [0.2, 0.25) is 5.91 Å². The highest BCUT2D eigenvalue weighted by atomic mass is 16.5. The molecule has 0 unspecified atom stereocenters. The molecular formula is C18H27NO2. The molecule has 0 aliphatic heterocycles. The van der Waals surface area contributed by atoms with E-state index in [0.29, 0.717) is 19.1 Å². The molecule has 2 rings (SSSR count). The average molecular weight is 289 g/mol. The summed E-state index contributed by atoms with van der Waals surface area (Å²) in [7, 11) is 1.65. The fourth-order valence-electron chi connectivity index (χ4n) is 3.15. The number of amides is 1. The summed E-state index contributed by atoms with van der Waals surface area (Å²) in [6.45, 7) is 3.34. The topological polar surface area (TPSA) is 29.5 Å². The molecule has 1 saturated carbocycles. The molecule has 1 aliphatic rings. The number of aryl methyl sites for hydroxylation is 1. The highest BCUT2D eigenvalue weighted by Crippen LogP contribution is 2.25. The Morgan fingerprint density at radius 3 is 2.71 bits per heavy atom. The summed E-state index contributed by atoms with van der Waals surface area (Å²) in [5.41, 5.74) is 2.48. The number of hydrogen-bond donors (Lipinski definition) is 0. The lowest BCUT2D eigenvalue weighted by atomic mass is 9.93. The molecule has 0 radical (unpaired) electrons. The Balaban J connectivity index is 2.08. The van der Waals surface area contributed by atoms with E-state index < -0.39 is 0 Å². The van der Waals surface area contributed by atoms with Gasteiger partial charge >= 0.3 is 0 Å². The van der Waals surface area contributed by atoms with Crippen LogP contribution < -0.4 is 0 Å². The number of hydrogen-bond acceptors (Lipinski definition) is 2. The van der Waals surface area contributed by atoms with Crippen LogP contribution in [0, 0.1) is 6.92 Å². The number of carbonyl (C=O) groups is 1. The zero-order chi connectivity index (χ0) is 15.1. The second kappa shape index (κ2) is 8.18. The first-order chi connectivity index (χ1) is 10.2. The van der Waals surface area contributed by atoms with Crippen molar-refractivity contribution in [2.24, 2.45) is 0 Å². The Morgan fingerprint density at radius 1 is 1.29 bits per heavy atom. The van der Waals surface area contributed by atoms with Crippen molar-refractivity contribution in [2.75, 3.05) is 13.7 Å². The van der Waals surface area contributed by atoms with Gasteiger partial charge < -0.3 is 9.64 Å². The van der Waals surface area contributed by atoms with Crippen molar-refractivity contribution in [2.45, 2.75) is 58.0 Å². The number of benzene rings is 1. The van der Waals surface area contributed by atoms with E-state index in [4.69, 9.17) is 4.74 Å². The van der Waals surface area contributed by atoms with Crippen LogP contribution >= 0.6 is 0 Å². The first kappa shape index (κ1) is 16.0. The minimum absolute atomic E-state index is 0.227. The maximum absolute atomic E-state index is 12.5. The van der Waals surface area contributed by atoms with Gasteiger partial charge in [-0.25, -0.2) is 0 Å². The second-order valence-corrected chi connectivity index (χ2v) is 6.05. The standard InChI is InChI=1S/C18H27NO2/c1-15-7-6-8-16(13-15)14-19(18(20)11-12-21-2)17-9-4-3-5-10-17/h6-8,13,17H,3-5,9-12,14H2,1-2H3. The zero-order valence-electron chi connectivity index (χ0n) is 13.3. The predicted octanol–water partition coefficient (Wildman–Crippen LogP) is 3.69. The van der Waals surface area contributed by atoms with Gasteiger partial charge in [-0.3, -0.25) is 4.79 Å². The summed E-state index contributed by atoms with van der Waals surface area (Å²) in [6.07, 6.45) is 6.56. The lowest BCUT2D eigenvalue weighted by Gasteiger charge is -2.34. The Hall–Kier alpha value is -1.35. The van der Waals surface area contributed by atoms with Crippen LogP contribution in [0.25, 0.3) is 0 Å². The number of carbonyl (C=O) groups excluding carboxylic acids is 1. The van der Waals surface area contributed by atoms with Gasteiger partial charge in [-0.15, -0.1) is 0 Å². The van der Waals surface area contributed by atoms with Gasteiger partial charge in [-0.05, 0) is 25.3 Å². The molecule has 1 fully saturated rings. The molecule has 21 heavy (non-hydrogen) atoms. The molecule has 3 heteroatoms. The van der Waals surface area contributed by atoms with Crippen LogP contribution in [-0.2, 0) is 16.1 Å². The molecule has 0 saturated heterocycles. The Morgan fingerprint density at radius 2 is 2.05 bits per heavy atom. The summed E-state index contributed by atoms with van der Waals surface area (Å²) < 4.78 is 5.07. The summed E-state index contributed by atoms with van der Waals surface area (Å²) in [6, 6.07) is 8.87. The molecule has 1 aliphatic carbocycles. The Labute approximate surface area is 128 Å². The maximum Gasteiger partial charge on any atom is 0.225 e. The van der Waals surface area contributed by atoms with Crippen molar-refractivity contribution in [1.29, 1.82) is 0 Å². The molecule has 116 valence electrons. The predicted molar refractivity (Wildman–Crippen MR) is 85.1 cm³/mol. The zero-order valence-corrected chi connectivity index (χ0v) is 13.3. The third-order valence-electron chi connectivity index (χ3n) is 4.29. The quantitative estimate of drug-likeness (QED) is 0.799. The number of rotatable bonds is 6. The summed E-state index contributed by atoms with van der Waals surface area (Å²) >= 11 is 0. The molecule has 0 spiro atoms. The summed E-state index contributed by atoms with van der Waals surface area (Å²) in [5, 5.41) is 0. The molecule has 0 heterocycles. The first-order valence-corrected chi connectivity index (χ1v) is 8.04. The third-order valence-corrected chi connectivity index (χ3v) is 4.29. The molecule has 0 bridgehead atoms. The molecule has 0 atom stereocenters. The highest BCUT2D eigenvalue weighted by molar-refractivity contribution is 5.76. The Kier molecular flexibility index (Phi) is 6.24. The maximum atomic E-state index is 12.5. The van der Waals surface area contributed by atoms with Crippen molar-refractivity contribution in [1.82, 2.24) is 4.90 Å². The third kappa shape index (κ3) is 4.85. The smallest absolute Gasteiger partial charge is 0.225 e. The van der Waals surface area contributed by atoms with Crippen molar-refractivity contribution in [3.63, 3.8) is 0 Å². The molecule has 0 N–H and O–H groups in total. The molecule has 0 aromatic heterocycles. The van der Waals surface area contributed by atoms with E-state index >= 15 is 0 Å². The largest absolute Gasteiger partial charge is 0.384 e. The van der Waals surface area contributed by atoms with E-state index in [-0.39, 0.29) is 5.91 Å². The molecule has 1 amide bonds. The SMILES string of the molecule is COCCC(=O)N(Cc1cccc(C)c1)C1CCCCC1. The van der Waals surface area contributed by atoms with Crippen molar-refractivity contribution < 1.29 is 9.53 Å². The van der Waals surface area contributed by atoms with Gasteiger partial charge in [0.15, 0.2) is 0 Å². The average Bonchev–Trinajstić information content (AvgIpc) is 2.51. The molecule has 3 nitrogen and oxygen atoms in total. The summed E-state index contributed by atoms with van der Waals surface area (Å²) in [4.78, 5) is 14.6. The van der Waals surface area contributed by atoms with Crippen LogP contribution in [0.1, 0.15) is 49.7 Å². The van der Waals surface area contributed by atoms with Crippen LogP contribution in [0.5, 0.6) is 0 Å². The van der Waals surface area contributed by atoms with Crippen LogP contribution in [0.4, 0.5) is 0 Å². The monoisotopic (exact) mass is 289 g/mol. The van der Waals surface area contributed by atoms with Gasteiger partial charge in [-0.1, -0.05) is 49.1 Å². The number of nitrogens with zero attached hydrogens (tertiary/aromatic N) is 1. The minimum Gasteiger partial charge on any atom is -0.384 e. The van der Waals surface area contributed by atoms with E-state index in [9.17, 15) is 4.79 Å². The normalized spacial score (nSPS) is 15.9. The van der Waals surface area contributed by atoms with Gasteiger partial charge in [0, 0.05) is 19.7 Å². The van der Waals surface area contributed by atoms with Crippen molar-refractivity contribution in [3.8, 4) is 0 Å². The van der Waals surface area contributed by atoms with Crippen molar-refractivity contribution >= 4 is 5.91 Å². The highest BCUT2D eigenvalue weighted by Gasteiger charge is 2.25. The molecule has 1 aromatic rings.